The fraction of sp³-hybridized carbons (Fsp3) is 0.625. The van der Waals surface area contributed by atoms with Crippen molar-refractivity contribution in [3.05, 3.63) is 30.3 Å². The van der Waals surface area contributed by atoms with E-state index in [0.717, 1.165) is 0 Å². The third-order valence-electron chi connectivity index (χ3n) is 3.74. The van der Waals surface area contributed by atoms with Crippen LogP contribution in [0.4, 0.5) is 0 Å². The Morgan fingerprint density at radius 3 is 1.67 bits per heavy atom. The van der Waals surface area contributed by atoms with E-state index in [0.29, 0.717) is 0 Å². The van der Waals surface area contributed by atoms with E-state index in [-0.39, 0.29) is 5.75 Å². The van der Waals surface area contributed by atoms with Gasteiger partial charge in [0.15, 0.2) is 0 Å². The summed E-state index contributed by atoms with van der Waals surface area (Å²) in [6.45, 7) is 9.46. The third-order valence-corrected chi connectivity index (χ3v) is 9.03. The van der Waals surface area contributed by atoms with Crippen molar-refractivity contribution in [2.24, 2.45) is 0 Å². The molecule has 104 valence electrons. The molecule has 0 aliphatic rings. The first-order valence-electron chi connectivity index (χ1n) is 7.21. The van der Waals surface area contributed by atoms with Gasteiger partial charge in [-0.1, -0.05) is 43.7 Å². The summed E-state index contributed by atoms with van der Waals surface area (Å²) >= 11 is 0. The smallest absolute Gasteiger partial charge is 0.0593 e. The highest BCUT2D eigenvalue weighted by molar-refractivity contribution is 7.75. The number of unbranched alkanes of at least 4 members (excludes halogenated alkanes) is 1. The molecule has 0 aliphatic carbocycles. The van der Waals surface area contributed by atoms with Crippen LogP contribution in [0.2, 0.25) is 0 Å². The van der Waals surface area contributed by atoms with Crippen LogP contribution in [0.3, 0.4) is 0 Å². The summed E-state index contributed by atoms with van der Waals surface area (Å²) in [5.41, 5.74) is 0. The maximum Gasteiger partial charge on any atom is 0.0593 e. The second kappa shape index (κ2) is 10.4. The van der Waals surface area contributed by atoms with Crippen LogP contribution in [0.5, 0.6) is 5.75 Å². The van der Waals surface area contributed by atoms with E-state index >= 15 is 0 Å². The summed E-state index contributed by atoms with van der Waals surface area (Å²) in [4.78, 5) is 0. The lowest BCUT2D eigenvalue weighted by Gasteiger charge is -2.23. The summed E-state index contributed by atoms with van der Waals surface area (Å²) in [5, 5.41) is 10.3. The molecule has 1 aromatic carbocycles. The summed E-state index contributed by atoms with van der Waals surface area (Å²) in [7, 11) is -0.455. The predicted octanol–water partition coefficient (Wildman–Crippen LogP) is 4.62. The van der Waals surface area contributed by atoms with Gasteiger partial charge in [0.25, 0.3) is 0 Å². The highest BCUT2D eigenvalue weighted by Gasteiger charge is 2.29. The molecule has 1 nitrogen and oxygen atoms in total. The van der Waals surface area contributed by atoms with Gasteiger partial charge in [0, 0.05) is 7.26 Å². The van der Waals surface area contributed by atoms with E-state index in [1.165, 1.54) is 43.5 Å². The standard InChI is InChI=1S/C10H24P.C6H6O/c1-5-9-10-11(6-2,7-3)8-4;7-6-4-2-1-3-5-6/h5-10H2,1-4H3;1-5,7H/q+1;/p-1. The van der Waals surface area contributed by atoms with Crippen LogP contribution < -0.4 is 5.11 Å². The SMILES string of the molecule is CCCC[P+](CC)(CC)CC.[O-]c1ccccc1. The van der Waals surface area contributed by atoms with Crippen LogP contribution in [0.1, 0.15) is 40.5 Å². The maximum absolute atomic E-state index is 10.3. The van der Waals surface area contributed by atoms with Crippen LogP contribution in [0.25, 0.3) is 0 Å². The molecule has 0 amide bonds. The highest BCUT2D eigenvalue weighted by atomic mass is 31.2. The van der Waals surface area contributed by atoms with Crippen molar-refractivity contribution in [3.8, 4) is 5.75 Å². The molecule has 0 saturated heterocycles. The minimum Gasteiger partial charge on any atom is -0.872 e. The Labute approximate surface area is 114 Å². The van der Waals surface area contributed by atoms with Crippen LogP contribution >= 0.6 is 7.26 Å². The lowest BCUT2D eigenvalue weighted by atomic mass is 10.3. The lowest BCUT2D eigenvalue weighted by Crippen LogP contribution is -2.06. The van der Waals surface area contributed by atoms with E-state index in [2.05, 4.69) is 27.7 Å². The fourth-order valence-electron chi connectivity index (χ4n) is 2.06. The Morgan fingerprint density at radius 2 is 1.39 bits per heavy atom. The Bertz CT molecular complexity index is 272. The van der Waals surface area contributed by atoms with E-state index in [1.807, 2.05) is 6.07 Å². The van der Waals surface area contributed by atoms with Crippen LogP contribution in [0, 0.1) is 0 Å². The molecule has 1 rings (SSSR count). The lowest BCUT2D eigenvalue weighted by molar-refractivity contribution is -0.268. The van der Waals surface area contributed by atoms with Gasteiger partial charge in [0.05, 0.1) is 24.6 Å². The van der Waals surface area contributed by atoms with Crippen molar-refractivity contribution in [3.63, 3.8) is 0 Å². The van der Waals surface area contributed by atoms with Gasteiger partial charge in [0.1, 0.15) is 0 Å². The molecule has 0 fully saturated rings. The van der Waals surface area contributed by atoms with Gasteiger partial charge >= 0.3 is 0 Å². The van der Waals surface area contributed by atoms with Gasteiger partial charge < -0.3 is 5.11 Å². The quantitative estimate of drug-likeness (QED) is 0.690. The summed E-state index contributed by atoms with van der Waals surface area (Å²) in [6.07, 6.45) is 8.80. The van der Waals surface area contributed by atoms with Gasteiger partial charge in [-0.15, -0.1) is 5.75 Å². The van der Waals surface area contributed by atoms with Crippen LogP contribution in [-0.4, -0.2) is 24.6 Å². The molecule has 0 saturated carbocycles. The highest BCUT2D eigenvalue weighted by Crippen LogP contribution is 2.58. The predicted molar refractivity (Wildman–Crippen MR) is 84.2 cm³/mol. The van der Waals surface area contributed by atoms with Crippen molar-refractivity contribution >= 4 is 7.26 Å². The number of rotatable bonds is 6. The largest absolute Gasteiger partial charge is 0.872 e. The van der Waals surface area contributed by atoms with Crippen molar-refractivity contribution in [2.75, 3.05) is 24.6 Å². The third kappa shape index (κ3) is 7.01. The molecule has 0 heterocycles. The monoisotopic (exact) mass is 268 g/mol. The van der Waals surface area contributed by atoms with E-state index in [1.54, 1.807) is 18.3 Å². The van der Waals surface area contributed by atoms with Gasteiger partial charge in [0.2, 0.25) is 0 Å². The second-order valence-electron chi connectivity index (χ2n) is 4.68. The minimum atomic E-state index is -0.455. The molecule has 2 heteroatoms. The molecule has 0 aliphatic heterocycles. The first-order chi connectivity index (χ1) is 8.64. The zero-order chi connectivity index (χ0) is 13.9. The summed E-state index contributed by atoms with van der Waals surface area (Å²) in [5.74, 6) is 0.0718. The Hall–Kier alpha value is -0.550. The van der Waals surface area contributed by atoms with Gasteiger partial charge in [-0.2, -0.15) is 0 Å². The molecule has 1 aromatic rings. The summed E-state index contributed by atoms with van der Waals surface area (Å²) < 4.78 is 0. The molecule has 0 radical (unpaired) electrons. The molecule has 18 heavy (non-hydrogen) atoms. The molecule has 0 unspecified atom stereocenters. The number of hydrogen-bond donors (Lipinski definition) is 0. The molecular formula is C16H29OP. The number of benzene rings is 1. The van der Waals surface area contributed by atoms with E-state index < -0.39 is 7.26 Å². The van der Waals surface area contributed by atoms with Crippen LogP contribution in [0.15, 0.2) is 30.3 Å². The van der Waals surface area contributed by atoms with Crippen LogP contribution in [-0.2, 0) is 0 Å². The van der Waals surface area contributed by atoms with Crippen molar-refractivity contribution in [1.29, 1.82) is 0 Å². The molecule has 0 atom stereocenters. The number of hydrogen-bond acceptors (Lipinski definition) is 1. The first-order valence-corrected chi connectivity index (χ1v) is 9.74. The summed E-state index contributed by atoms with van der Waals surface area (Å²) in [6, 6.07) is 8.33. The number of para-hydroxylation sites is 1. The van der Waals surface area contributed by atoms with Crippen molar-refractivity contribution in [1.82, 2.24) is 0 Å². The minimum absolute atomic E-state index is 0.0718. The Morgan fingerprint density at radius 1 is 0.889 bits per heavy atom. The van der Waals surface area contributed by atoms with Crippen molar-refractivity contribution < 1.29 is 5.11 Å². The van der Waals surface area contributed by atoms with Gasteiger partial charge in [-0.05, 0) is 27.2 Å². The Kier molecular flexibility index (Phi) is 10.1. The van der Waals surface area contributed by atoms with E-state index in [9.17, 15) is 5.11 Å². The molecule has 0 N–H and O–H groups in total. The second-order valence-corrected chi connectivity index (χ2v) is 9.71. The molecule has 0 aromatic heterocycles. The van der Waals surface area contributed by atoms with Gasteiger partial charge in [-0.3, -0.25) is 0 Å². The average Bonchev–Trinajstić information content (AvgIpc) is 2.43. The first kappa shape index (κ1) is 17.4. The van der Waals surface area contributed by atoms with E-state index in [4.69, 9.17) is 0 Å². The molecule has 0 spiro atoms. The Balaban J connectivity index is 0.000000351. The zero-order valence-corrected chi connectivity index (χ0v) is 13.4. The molecule has 0 bridgehead atoms. The maximum atomic E-state index is 10.3. The topological polar surface area (TPSA) is 23.1 Å². The van der Waals surface area contributed by atoms with Gasteiger partial charge in [-0.25, -0.2) is 0 Å². The molecular weight excluding hydrogens is 239 g/mol. The normalized spacial score (nSPS) is 10.7. The average molecular weight is 268 g/mol. The zero-order valence-electron chi connectivity index (χ0n) is 12.5. The van der Waals surface area contributed by atoms with Crippen molar-refractivity contribution in [2.45, 2.75) is 40.5 Å². The fourth-order valence-corrected chi connectivity index (χ4v) is 5.34.